The number of carboxylic acid groups (broad SMARTS) is 2. The van der Waals surface area contributed by atoms with Crippen LogP contribution in [0, 0.1) is 5.92 Å². The van der Waals surface area contributed by atoms with E-state index < -0.39 is 35.7 Å². The molecule has 1 fully saturated rings. The van der Waals surface area contributed by atoms with Crippen LogP contribution in [0.25, 0.3) is 0 Å². The van der Waals surface area contributed by atoms with E-state index in [1.165, 1.54) is 57.8 Å². The van der Waals surface area contributed by atoms with Crippen molar-refractivity contribution < 1.29 is 68.1 Å². The van der Waals surface area contributed by atoms with Crippen LogP contribution in [0.3, 0.4) is 0 Å². The van der Waals surface area contributed by atoms with Gasteiger partial charge in [0.1, 0.15) is 18.8 Å². The monoisotopic (exact) mass is 936 g/mol. The lowest BCUT2D eigenvalue weighted by atomic mass is 9.67. The second kappa shape index (κ2) is 39.2. The minimum atomic E-state index is -1.44. The second-order valence-electron chi connectivity index (χ2n) is 16.6. The zero-order valence-corrected chi connectivity index (χ0v) is 39.4. The quantitative estimate of drug-likeness (QED) is 0.0241. The molecule has 372 valence electrons. The fourth-order valence-corrected chi connectivity index (χ4v) is 7.56. The van der Waals surface area contributed by atoms with Crippen LogP contribution in [0.2, 0.25) is 0 Å². The third-order valence-electron chi connectivity index (χ3n) is 11.1. The van der Waals surface area contributed by atoms with Crippen molar-refractivity contribution in [3.63, 3.8) is 0 Å². The summed E-state index contributed by atoms with van der Waals surface area (Å²) in [4.78, 5) is 71.5. The summed E-state index contributed by atoms with van der Waals surface area (Å²) >= 11 is 0. The molecule has 1 aliphatic carbocycles. The number of aliphatic carboxylic acids is 2. The maximum atomic E-state index is 12.6. The summed E-state index contributed by atoms with van der Waals surface area (Å²) in [5.74, 6) is -3.52. The van der Waals surface area contributed by atoms with Gasteiger partial charge in [-0.1, -0.05) is 99.3 Å². The largest absolute Gasteiger partial charge is 0.481 e. The molecule has 1 saturated carbocycles. The Morgan fingerprint density at radius 1 is 0.531 bits per heavy atom. The third-order valence-corrected chi connectivity index (χ3v) is 11.5. The SMILES string of the molecule is O=C(O)CCCCCCCCCCCCCCCCCCC(=O)NC1(C(=O)O)CC(C(=O)NCCOCCOCC(=O)NCCOCCOCC(=O)NCCCC[C@H](NP)C(O)O)C1. The van der Waals surface area contributed by atoms with E-state index in [-0.39, 0.29) is 115 Å². The van der Waals surface area contributed by atoms with Crippen LogP contribution in [0.5, 0.6) is 0 Å². The average molecular weight is 936 g/mol. The number of aliphatic hydroxyl groups excluding tert-OH is 1. The molecule has 0 radical (unpaired) electrons. The number of hydrogen-bond donors (Lipinski definition) is 9. The number of nitrogens with one attached hydrogen (secondary N) is 5. The van der Waals surface area contributed by atoms with Gasteiger partial charge in [0.05, 0.1) is 45.7 Å². The van der Waals surface area contributed by atoms with Crippen LogP contribution in [0.4, 0.5) is 0 Å². The molecule has 0 spiro atoms. The molecule has 0 heterocycles. The summed E-state index contributed by atoms with van der Waals surface area (Å²) < 4.78 is 21.4. The van der Waals surface area contributed by atoms with Gasteiger partial charge in [-0.3, -0.25) is 29.1 Å². The van der Waals surface area contributed by atoms with Crippen molar-refractivity contribution in [3.8, 4) is 0 Å². The highest BCUT2D eigenvalue weighted by Crippen LogP contribution is 2.38. The lowest BCUT2D eigenvalue weighted by molar-refractivity contribution is -0.157. The van der Waals surface area contributed by atoms with E-state index >= 15 is 0 Å². The van der Waals surface area contributed by atoms with Crippen molar-refractivity contribution in [1.82, 2.24) is 26.4 Å². The molecule has 1 unspecified atom stereocenters. The molecule has 64 heavy (non-hydrogen) atoms. The van der Waals surface area contributed by atoms with E-state index in [1.807, 2.05) is 0 Å². The first kappa shape index (κ1) is 59.0. The first-order chi connectivity index (χ1) is 30.9. The van der Waals surface area contributed by atoms with Gasteiger partial charge in [-0.15, -0.1) is 0 Å². The smallest absolute Gasteiger partial charge is 0.329 e. The third kappa shape index (κ3) is 31.8. The van der Waals surface area contributed by atoms with Crippen LogP contribution in [-0.2, 0) is 47.7 Å². The van der Waals surface area contributed by atoms with Gasteiger partial charge in [0.2, 0.25) is 23.6 Å². The molecule has 2 atom stereocenters. The van der Waals surface area contributed by atoms with E-state index in [0.29, 0.717) is 32.2 Å². The van der Waals surface area contributed by atoms with Crippen LogP contribution in [0.1, 0.15) is 148 Å². The van der Waals surface area contributed by atoms with E-state index in [9.17, 15) is 44.1 Å². The number of hydrogen-bond acceptors (Lipinski definition) is 13. The molecule has 4 amide bonds. The maximum Gasteiger partial charge on any atom is 0.329 e. The highest BCUT2D eigenvalue weighted by Gasteiger charge is 2.54. The van der Waals surface area contributed by atoms with Gasteiger partial charge in [0, 0.05) is 38.4 Å². The fraction of sp³-hybridized carbons (Fsp3) is 0.864. The van der Waals surface area contributed by atoms with Gasteiger partial charge >= 0.3 is 11.9 Å². The van der Waals surface area contributed by atoms with Gasteiger partial charge in [-0.25, -0.2) is 4.79 Å². The Balaban J connectivity index is 1.94. The first-order valence-electron chi connectivity index (χ1n) is 23.6. The molecule has 1 aliphatic rings. The molecule has 19 nitrogen and oxygen atoms in total. The number of rotatable bonds is 45. The summed E-state index contributed by atoms with van der Waals surface area (Å²) in [6, 6.07) is -0.438. The molecule has 0 aromatic heterocycles. The molecule has 1 rings (SSSR count). The number of ether oxygens (including phenoxy) is 4. The van der Waals surface area contributed by atoms with Gasteiger partial charge in [-0.2, -0.15) is 0 Å². The Labute approximate surface area is 382 Å². The van der Waals surface area contributed by atoms with Crippen LogP contribution in [-0.4, -0.2) is 146 Å². The summed E-state index contributed by atoms with van der Waals surface area (Å²) in [5.41, 5.74) is -1.42. The lowest BCUT2D eigenvalue weighted by Gasteiger charge is -2.43. The molecule has 0 aromatic carbocycles. The van der Waals surface area contributed by atoms with Crippen molar-refractivity contribution in [2.24, 2.45) is 5.92 Å². The van der Waals surface area contributed by atoms with Crippen molar-refractivity contribution in [3.05, 3.63) is 0 Å². The Bertz CT molecular complexity index is 1280. The normalized spacial score (nSPS) is 16.2. The van der Waals surface area contributed by atoms with E-state index in [4.69, 9.17) is 24.1 Å². The van der Waals surface area contributed by atoms with Gasteiger partial charge in [0.15, 0.2) is 6.29 Å². The Morgan fingerprint density at radius 3 is 1.42 bits per heavy atom. The predicted molar refractivity (Wildman–Crippen MR) is 243 cm³/mol. The predicted octanol–water partition coefficient (Wildman–Crippen LogP) is 3.09. The van der Waals surface area contributed by atoms with Crippen LogP contribution in [0.15, 0.2) is 0 Å². The molecule has 20 heteroatoms. The van der Waals surface area contributed by atoms with E-state index in [2.05, 4.69) is 35.7 Å². The van der Waals surface area contributed by atoms with Crippen molar-refractivity contribution >= 4 is 45.0 Å². The van der Waals surface area contributed by atoms with E-state index in [0.717, 1.165) is 38.5 Å². The Hall–Kier alpha value is -3.03. The molecule has 0 saturated heterocycles. The average Bonchev–Trinajstić information content (AvgIpc) is 3.24. The number of carbonyl (C=O) groups excluding carboxylic acids is 4. The lowest BCUT2D eigenvalue weighted by Crippen LogP contribution is -2.64. The number of carboxylic acids is 2. The number of carbonyl (C=O) groups is 6. The molecular weight excluding hydrogens is 853 g/mol. The molecule has 0 aromatic rings. The molecule has 0 aliphatic heterocycles. The highest BCUT2D eigenvalue weighted by molar-refractivity contribution is 7.13. The number of amides is 4. The fourth-order valence-electron chi connectivity index (χ4n) is 7.22. The van der Waals surface area contributed by atoms with Crippen molar-refractivity contribution in [2.75, 3.05) is 72.5 Å². The zero-order valence-electron chi connectivity index (χ0n) is 38.2. The number of unbranched alkanes of at least 4 members (excludes halogenated alkanes) is 16. The molecular formula is C44H82N5O14P. The first-order valence-corrected chi connectivity index (χ1v) is 24.2. The van der Waals surface area contributed by atoms with Crippen molar-refractivity contribution in [2.45, 2.75) is 166 Å². The molecule has 0 bridgehead atoms. The maximum absolute atomic E-state index is 12.6. The van der Waals surface area contributed by atoms with Crippen molar-refractivity contribution in [1.29, 1.82) is 0 Å². The summed E-state index contributed by atoms with van der Waals surface area (Å²) in [6.45, 7) is 1.98. The van der Waals surface area contributed by atoms with Crippen LogP contribution < -0.4 is 26.4 Å². The standard InChI is InChI=1S/C44H82N5O14P/c50-37(20-15-13-11-9-7-5-3-1-2-4-6-8-10-12-14-16-21-40(53)54)48-44(43(58)59)31-35(32-44)41(55)47-24-26-61-28-30-63-34-39(52)46-23-25-60-27-29-62-33-38(51)45-22-18-17-19-36(49-64)42(56)57/h35-36,42,49,56-57H,1-34,64H2,(H,45,51)(H,46,52)(H,47,55)(H,48,50)(H,53,54)(H,58,59)/t35?,36-,44?/m0/s1. The highest BCUT2D eigenvalue weighted by atomic mass is 31.0. The second-order valence-corrected chi connectivity index (χ2v) is 16.9. The van der Waals surface area contributed by atoms with Gasteiger partial charge in [0.25, 0.3) is 0 Å². The minimum Gasteiger partial charge on any atom is -0.481 e. The molecule has 9 N–H and O–H groups in total. The number of aliphatic hydroxyl groups is 2. The van der Waals surface area contributed by atoms with Crippen LogP contribution >= 0.6 is 9.39 Å². The van der Waals surface area contributed by atoms with Gasteiger partial charge < -0.3 is 60.6 Å². The zero-order chi connectivity index (χ0) is 47.1. The Morgan fingerprint density at radius 2 is 0.969 bits per heavy atom. The summed E-state index contributed by atoms with van der Waals surface area (Å²) in [5, 5.41) is 50.4. The minimum absolute atomic E-state index is 0.0366. The van der Waals surface area contributed by atoms with E-state index in [1.54, 1.807) is 0 Å². The Kier molecular flexibility index (Phi) is 36.1. The summed E-state index contributed by atoms with van der Waals surface area (Å²) in [6.07, 6.45) is 19.0. The summed E-state index contributed by atoms with van der Waals surface area (Å²) in [7, 11) is 2.25. The topological polar surface area (TPSA) is 280 Å². The van der Waals surface area contributed by atoms with Gasteiger partial charge in [-0.05, 0) is 44.9 Å².